The first-order valence-corrected chi connectivity index (χ1v) is 8.11. The molecule has 1 aromatic carbocycles. The standard InChI is InChI=1S/C19H28O/c1-14(2)19-10-9-18(4,13-19)17(11-19)20-12-16-8-6-5-7-15(16)3/h5-8,14,17H,9-13H2,1-4H3. The number of hydrogen-bond acceptors (Lipinski definition) is 1. The van der Waals surface area contributed by atoms with Crippen LogP contribution in [0.2, 0.25) is 0 Å². The highest BCUT2D eigenvalue weighted by atomic mass is 16.5. The maximum atomic E-state index is 6.38. The molecule has 3 atom stereocenters. The van der Waals surface area contributed by atoms with Crippen LogP contribution in [-0.2, 0) is 11.3 Å². The molecule has 0 aliphatic heterocycles. The van der Waals surface area contributed by atoms with Gasteiger partial charge in [0.2, 0.25) is 0 Å². The van der Waals surface area contributed by atoms with Gasteiger partial charge in [-0.05, 0) is 60.5 Å². The van der Waals surface area contributed by atoms with E-state index in [0.717, 1.165) is 12.5 Å². The third kappa shape index (κ3) is 2.20. The molecular formula is C19H28O. The van der Waals surface area contributed by atoms with Crippen LogP contribution < -0.4 is 0 Å². The molecule has 0 aromatic heterocycles. The first kappa shape index (κ1) is 14.1. The second-order valence-electron chi connectivity index (χ2n) is 7.78. The predicted octanol–water partition coefficient (Wildman–Crippen LogP) is 5.12. The lowest BCUT2D eigenvalue weighted by molar-refractivity contribution is -0.0413. The van der Waals surface area contributed by atoms with Gasteiger partial charge in [-0.1, -0.05) is 45.0 Å². The molecule has 3 rings (SSSR count). The van der Waals surface area contributed by atoms with Crippen LogP contribution >= 0.6 is 0 Å². The van der Waals surface area contributed by atoms with Gasteiger partial charge in [0.15, 0.2) is 0 Å². The fraction of sp³-hybridized carbons (Fsp3) is 0.684. The number of benzene rings is 1. The van der Waals surface area contributed by atoms with E-state index in [2.05, 4.69) is 52.0 Å². The molecular weight excluding hydrogens is 244 g/mol. The zero-order chi connectivity index (χ0) is 14.4. The van der Waals surface area contributed by atoms with Gasteiger partial charge < -0.3 is 4.74 Å². The summed E-state index contributed by atoms with van der Waals surface area (Å²) in [6, 6.07) is 8.59. The normalized spacial score (nSPS) is 36.0. The van der Waals surface area contributed by atoms with E-state index in [0.29, 0.717) is 16.9 Å². The Balaban J connectivity index is 1.69. The summed E-state index contributed by atoms with van der Waals surface area (Å²) in [7, 11) is 0. The number of rotatable bonds is 4. The Labute approximate surface area is 123 Å². The Morgan fingerprint density at radius 1 is 1.25 bits per heavy atom. The molecule has 2 aliphatic rings. The predicted molar refractivity (Wildman–Crippen MR) is 83.6 cm³/mol. The fourth-order valence-corrected chi connectivity index (χ4v) is 4.53. The first-order valence-electron chi connectivity index (χ1n) is 8.11. The van der Waals surface area contributed by atoms with E-state index >= 15 is 0 Å². The molecule has 3 unspecified atom stereocenters. The van der Waals surface area contributed by atoms with Gasteiger partial charge in [0.1, 0.15) is 0 Å². The van der Waals surface area contributed by atoms with Crippen LogP contribution in [0.5, 0.6) is 0 Å². The lowest BCUT2D eigenvalue weighted by atomic mass is 9.74. The average molecular weight is 272 g/mol. The number of fused-ring (bicyclic) bond motifs is 2. The summed E-state index contributed by atoms with van der Waals surface area (Å²) in [5.41, 5.74) is 3.68. The van der Waals surface area contributed by atoms with Gasteiger partial charge in [-0.3, -0.25) is 0 Å². The van der Waals surface area contributed by atoms with Crippen molar-refractivity contribution in [3.05, 3.63) is 35.4 Å². The van der Waals surface area contributed by atoms with E-state index in [1.54, 1.807) is 0 Å². The van der Waals surface area contributed by atoms with Crippen molar-refractivity contribution in [1.29, 1.82) is 0 Å². The molecule has 0 saturated heterocycles. The van der Waals surface area contributed by atoms with Crippen molar-refractivity contribution in [3.8, 4) is 0 Å². The Bertz CT molecular complexity index is 492. The van der Waals surface area contributed by atoms with Crippen molar-refractivity contribution in [3.63, 3.8) is 0 Å². The van der Waals surface area contributed by atoms with E-state index < -0.39 is 0 Å². The minimum atomic E-state index is 0.424. The Kier molecular flexibility index (Phi) is 3.44. The molecule has 20 heavy (non-hydrogen) atoms. The van der Waals surface area contributed by atoms with Crippen LogP contribution in [0.3, 0.4) is 0 Å². The maximum Gasteiger partial charge on any atom is 0.0723 e. The minimum absolute atomic E-state index is 0.424. The molecule has 1 heteroatoms. The molecule has 2 saturated carbocycles. The minimum Gasteiger partial charge on any atom is -0.373 e. The molecule has 1 nitrogen and oxygen atoms in total. The molecule has 0 amide bonds. The number of hydrogen-bond donors (Lipinski definition) is 0. The van der Waals surface area contributed by atoms with Crippen LogP contribution in [-0.4, -0.2) is 6.10 Å². The van der Waals surface area contributed by atoms with Crippen molar-refractivity contribution in [2.45, 2.75) is 66.1 Å². The number of aryl methyl sites for hydroxylation is 1. The van der Waals surface area contributed by atoms with Crippen LogP contribution in [0.25, 0.3) is 0 Å². The highest BCUT2D eigenvalue weighted by Gasteiger charge is 2.58. The van der Waals surface area contributed by atoms with Crippen LogP contribution in [0.4, 0.5) is 0 Å². The molecule has 2 bridgehead atoms. The number of ether oxygens (including phenoxy) is 1. The molecule has 0 heterocycles. The Hall–Kier alpha value is -0.820. The van der Waals surface area contributed by atoms with Crippen LogP contribution in [0.15, 0.2) is 24.3 Å². The van der Waals surface area contributed by atoms with E-state index in [1.807, 2.05) is 0 Å². The van der Waals surface area contributed by atoms with Gasteiger partial charge in [-0.2, -0.15) is 0 Å². The summed E-state index contributed by atoms with van der Waals surface area (Å²) >= 11 is 0. The zero-order valence-corrected chi connectivity index (χ0v) is 13.4. The van der Waals surface area contributed by atoms with Gasteiger partial charge >= 0.3 is 0 Å². The molecule has 2 aliphatic carbocycles. The third-order valence-corrected chi connectivity index (χ3v) is 6.25. The lowest BCUT2D eigenvalue weighted by Crippen LogP contribution is -2.32. The summed E-state index contributed by atoms with van der Waals surface area (Å²) in [6.45, 7) is 10.2. The van der Waals surface area contributed by atoms with Crippen molar-refractivity contribution < 1.29 is 4.74 Å². The first-order chi connectivity index (χ1) is 9.45. The smallest absolute Gasteiger partial charge is 0.0723 e. The highest BCUT2D eigenvalue weighted by molar-refractivity contribution is 5.24. The average Bonchev–Trinajstić information content (AvgIpc) is 2.90. The topological polar surface area (TPSA) is 9.23 Å². The summed E-state index contributed by atoms with van der Waals surface area (Å²) in [4.78, 5) is 0. The van der Waals surface area contributed by atoms with Gasteiger partial charge in [-0.25, -0.2) is 0 Å². The summed E-state index contributed by atoms with van der Waals surface area (Å²) in [5.74, 6) is 0.788. The third-order valence-electron chi connectivity index (χ3n) is 6.25. The van der Waals surface area contributed by atoms with E-state index in [1.165, 1.54) is 36.8 Å². The van der Waals surface area contributed by atoms with E-state index in [4.69, 9.17) is 4.74 Å². The second-order valence-corrected chi connectivity index (χ2v) is 7.78. The second kappa shape index (κ2) is 4.87. The van der Waals surface area contributed by atoms with Crippen molar-refractivity contribution >= 4 is 0 Å². The molecule has 0 spiro atoms. The highest BCUT2D eigenvalue weighted by Crippen LogP contribution is 2.65. The van der Waals surface area contributed by atoms with Crippen LogP contribution in [0.1, 0.15) is 57.6 Å². The van der Waals surface area contributed by atoms with E-state index in [-0.39, 0.29) is 0 Å². The molecule has 0 radical (unpaired) electrons. The quantitative estimate of drug-likeness (QED) is 0.739. The van der Waals surface area contributed by atoms with Gasteiger partial charge in [0, 0.05) is 0 Å². The summed E-state index contributed by atoms with van der Waals surface area (Å²) in [5, 5.41) is 0. The van der Waals surface area contributed by atoms with Gasteiger partial charge in [0.05, 0.1) is 12.7 Å². The Morgan fingerprint density at radius 2 is 2.00 bits per heavy atom. The molecule has 2 fully saturated rings. The van der Waals surface area contributed by atoms with Gasteiger partial charge in [0.25, 0.3) is 0 Å². The van der Waals surface area contributed by atoms with Crippen LogP contribution in [0, 0.1) is 23.7 Å². The maximum absolute atomic E-state index is 6.38. The SMILES string of the molecule is Cc1ccccc1COC1CC2(C(C)C)CCC1(C)C2. The monoisotopic (exact) mass is 272 g/mol. The molecule has 110 valence electrons. The summed E-state index contributed by atoms with van der Waals surface area (Å²) < 4.78 is 6.38. The zero-order valence-electron chi connectivity index (χ0n) is 13.4. The fourth-order valence-electron chi connectivity index (χ4n) is 4.53. The lowest BCUT2D eigenvalue weighted by Gasteiger charge is -2.35. The van der Waals surface area contributed by atoms with Crippen molar-refractivity contribution in [2.75, 3.05) is 0 Å². The largest absolute Gasteiger partial charge is 0.373 e. The molecule has 0 N–H and O–H groups in total. The van der Waals surface area contributed by atoms with Crippen molar-refractivity contribution in [2.24, 2.45) is 16.7 Å². The Morgan fingerprint density at radius 3 is 2.65 bits per heavy atom. The molecule has 1 aromatic rings. The van der Waals surface area contributed by atoms with Crippen molar-refractivity contribution in [1.82, 2.24) is 0 Å². The van der Waals surface area contributed by atoms with E-state index in [9.17, 15) is 0 Å². The summed E-state index contributed by atoms with van der Waals surface area (Å²) in [6.07, 6.45) is 5.86. The van der Waals surface area contributed by atoms with Gasteiger partial charge in [-0.15, -0.1) is 0 Å².